The van der Waals surface area contributed by atoms with Crippen LogP contribution in [0.1, 0.15) is 23.2 Å². The van der Waals surface area contributed by atoms with E-state index in [0.29, 0.717) is 23.2 Å². The summed E-state index contributed by atoms with van der Waals surface area (Å²) in [5.74, 6) is 1.88. The molecule has 104 valence electrons. The first-order chi connectivity index (χ1) is 10.3. The summed E-state index contributed by atoms with van der Waals surface area (Å²) in [7, 11) is 0. The van der Waals surface area contributed by atoms with Crippen LogP contribution in [0.4, 0.5) is 5.69 Å². The summed E-state index contributed by atoms with van der Waals surface area (Å²) < 4.78 is 5.44. The van der Waals surface area contributed by atoms with Gasteiger partial charge >= 0.3 is 0 Å². The van der Waals surface area contributed by atoms with E-state index in [1.54, 1.807) is 12.3 Å². The molecule has 6 nitrogen and oxygen atoms in total. The van der Waals surface area contributed by atoms with Crippen LogP contribution in [0.5, 0.6) is 0 Å². The second-order valence-electron chi connectivity index (χ2n) is 4.97. The van der Waals surface area contributed by atoms with E-state index < -0.39 is 0 Å². The fourth-order valence-corrected chi connectivity index (χ4v) is 2.57. The molecule has 4 rings (SSSR count). The number of para-hydroxylation sites is 1. The van der Waals surface area contributed by atoms with Crippen LogP contribution < -0.4 is 5.32 Å². The molecule has 21 heavy (non-hydrogen) atoms. The van der Waals surface area contributed by atoms with Gasteiger partial charge in [0.25, 0.3) is 0 Å². The van der Waals surface area contributed by atoms with Crippen molar-refractivity contribution in [1.82, 2.24) is 20.1 Å². The highest BCUT2D eigenvalue weighted by Crippen LogP contribution is 2.35. The Kier molecular flexibility index (Phi) is 2.67. The summed E-state index contributed by atoms with van der Waals surface area (Å²) in [6, 6.07) is 9.95. The van der Waals surface area contributed by atoms with Crippen molar-refractivity contribution >= 4 is 5.69 Å². The van der Waals surface area contributed by atoms with Crippen molar-refractivity contribution < 1.29 is 4.52 Å². The van der Waals surface area contributed by atoms with Gasteiger partial charge in [0, 0.05) is 18.4 Å². The average Bonchev–Trinajstić information content (AvgIpc) is 3.14. The second kappa shape index (κ2) is 4.66. The molecule has 0 amide bonds. The molecule has 1 aromatic carbocycles. The number of aromatic nitrogens is 4. The van der Waals surface area contributed by atoms with Gasteiger partial charge in [-0.05, 0) is 24.6 Å². The third-order valence-electron chi connectivity index (χ3n) is 3.58. The van der Waals surface area contributed by atoms with Crippen molar-refractivity contribution in [3.63, 3.8) is 0 Å². The number of hydrogen-bond acceptors (Lipinski definition) is 6. The van der Waals surface area contributed by atoms with E-state index >= 15 is 0 Å². The van der Waals surface area contributed by atoms with Crippen LogP contribution in [0, 0.1) is 6.92 Å². The van der Waals surface area contributed by atoms with Gasteiger partial charge in [-0.25, -0.2) is 9.97 Å². The fraction of sp³-hybridized carbons (Fsp3) is 0.200. The molecule has 0 aliphatic carbocycles. The minimum Gasteiger partial charge on any atom is -0.384 e. The first kappa shape index (κ1) is 12.0. The summed E-state index contributed by atoms with van der Waals surface area (Å²) in [6.07, 6.45) is 1.69. The Bertz CT molecular complexity index is 798. The van der Waals surface area contributed by atoms with Crippen LogP contribution in [0.25, 0.3) is 11.5 Å². The Balaban J connectivity index is 1.70. The zero-order valence-corrected chi connectivity index (χ0v) is 11.4. The lowest BCUT2D eigenvalue weighted by Gasteiger charge is -2.03. The minimum atomic E-state index is 0.0883. The van der Waals surface area contributed by atoms with Gasteiger partial charge in [0.05, 0.1) is 5.92 Å². The molecule has 0 spiro atoms. The smallest absolute Gasteiger partial charge is 0.236 e. The lowest BCUT2D eigenvalue weighted by molar-refractivity contribution is 0.370. The first-order valence-electron chi connectivity index (χ1n) is 6.78. The van der Waals surface area contributed by atoms with Gasteiger partial charge in [-0.3, -0.25) is 0 Å². The molecular formula is C15H13N5O. The van der Waals surface area contributed by atoms with Gasteiger partial charge < -0.3 is 9.84 Å². The fourth-order valence-electron chi connectivity index (χ4n) is 2.57. The third kappa shape index (κ3) is 2.05. The molecule has 1 atom stereocenters. The molecule has 0 radical (unpaired) electrons. The van der Waals surface area contributed by atoms with E-state index in [9.17, 15) is 0 Å². The van der Waals surface area contributed by atoms with Crippen LogP contribution in [0.2, 0.25) is 0 Å². The van der Waals surface area contributed by atoms with Crippen molar-refractivity contribution in [3.8, 4) is 11.5 Å². The van der Waals surface area contributed by atoms with E-state index in [-0.39, 0.29) is 5.92 Å². The molecule has 6 heteroatoms. The molecule has 2 aromatic heterocycles. The maximum absolute atomic E-state index is 5.44. The number of fused-ring (bicyclic) bond motifs is 1. The van der Waals surface area contributed by atoms with Crippen molar-refractivity contribution in [2.45, 2.75) is 12.8 Å². The molecule has 3 heterocycles. The molecule has 3 aromatic rings. The number of nitrogens with zero attached hydrogens (tertiary/aromatic N) is 4. The van der Waals surface area contributed by atoms with Gasteiger partial charge in [-0.2, -0.15) is 4.98 Å². The molecule has 1 N–H and O–H groups in total. The topological polar surface area (TPSA) is 76.7 Å². The molecule has 1 unspecified atom stereocenters. The third-order valence-corrected chi connectivity index (χ3v) is 3.58. The number of rotatable bonds is 2. The van der Waals surface area contributed by atoms with Crippen molar-refractivity contribution in [3.05, 3.63) is 53.8 Å². The number of hydrogen-bond donors (Lipinski definition) is 1. The average molecular weight is 279 g/mol. The first-order valence-corrected chi connectivity index (χ1v) is 6.78. The van der Waals surface area contributed by atoms with Crippen LogP contribution in [-0.4, -0.2) is 26.7 Å². The van der Waals surface area contributed by atoms with Gasteiger partial charge in [0.2, 0.25) is 11.7 Å². The zero-order valence-electron chi connectivity index (χ0n) is 11.4. The summed E-state index contributed by atoms with van der Waals surface area (Å²) >= 11 is 0. The van der Waals surface area contributed by atoms with Gasteiger partial charge in [-0.1, -0.05) is 23.4 Å². The van der Waals surface area contributed by atoms with Gasteiger partial charge in [0.1, 0.15) is 11.5 Å². The minimum absolute atomic E-state index is 0.0883. The number of aryl methyl sites for hydroxylation is 1. The summed E-state index contributed by atoms with van der Waals surface area (Å²) in [5, 5.41) is 7.39. The van der Waals surface area contributed by atoms with E-state index in [4.69, 9.17) is 4.52 Å². The van der Waals surface area contributed by atoms with Crippen molar-refractivity contribution in [2.75, 3.05) is 11.9 Å². The quantitative estimate of drug-likeness (QED) is 0.776. The molecule has 1 aliphatic heterocycles. The number of anilines is 1. The lowest BCUT2D eigenvalue weighted by atomic mass is 10.0. The Labute approximate surface area is 121 Å². The summed E-state index contributed by atoms with van der Waals surface area (Å²) in [5.41, 5.74) is 2.99. The highest BCUT2D eigenvalue weighted by molar-refractivity contribution is 5.59. The Morgan fingerprint density at radius 2 is 2.10 bits per heavy atom. The van der Waals surface area contributed by atoms with Crippen LogP contribution >= 0.6 is 0 Å². The highest BCUT2D eigenvalue weighted by Gasteiger charge is 2.28. The van der Waals surface area contributed by atoms with E-state index in [0.717, 1.165) is 12.2 Å². The lowest BCUT2D eigenvalue weighted by Crippen LogP contribution is -2.04. The van der Waals surface area contributed by atoms with Crippen molar-refractivity contribution in [1.29, 1.82) is 0 Å². The predicted octanol–water partition coefficient (Wildman–Crippen LogP) is 2.39. The Hall–Kier alpha value is -2.76. The van der Waals surface area contributed by atoms with Crippen LogP contribution in [0.3, 0.4) is 0 Å². The normalized spacial score (nSPS) is 16.5. The van der Waals surface area contributed by atoms with Gasteiger partial charge in [-0.15, -0.1) is 0 Å². The summed E-state index contributed by atoms with van der Waals surface area (Å²) in [6.45, 7) is 2.60. The molecule has 0 fully saturated rings. The summed E-state index contributed by atoms with van der Waals surface area (Å²) in [4.78, 5) is 12.9. The predicted molar refractivity (Wildman–Crippen MR) is 76.8 cm³/mol. The van der Waals surface area contributed by atoms with E-state index in [2.05, 4.69) is 37.6 Å². The SMILES string of the molecule is Cc1nccc(-c2noc(C3CNc4ccccc43)n2)n1. The molecule has 1 aliphatic rings. The number of benzene rings is 1. The Morgan fingerprint density at radius 3 is 3.00 bits per heavy atom. The van der Waals surface area contributed by atoms with Crippen LogP contribution in [0.15, 0.2) is 41.1 Å². The van der Waals surface area contributed by atoms with E-state index in [1.807, 2.05) is 19.1 Å². The van der Waals surface area contributed by atoms with Crippen molar-refractivity contribution in [2.24, 2.45) is 0 Å². The molecule has 0 saturated heterocycles. The maximum Gasteiger partial charge on any atom is 0.236 e. The zero-order chi connectivity index (χ0) is 14.2. The largest absolute Gasteiger partial charge is 0.384 e. The second-order valence-corrected chi connectivity index (χ2v) is 4.97. The maximum atomic E-state index is 5.44. The highest BCUT2D eigenvalue weighted by atomic mass is 16.5. The molecule has 0 saturated carbocycles. The monoisotopic (exact) mass is 279 g/mol. The number of nitrogens with one attached hydrogen (secondary N) is 1. The molecular weight excluding hydrogens is 266 g/mol. The standard InChI is InChI=1S/C15H13N5O/c1-9-16-7-6-13(18-9)14-19-15(21-20-14)11-8-17-12-5-3-2-4-10(11)12/h2-7,11,17H,8H2,1H3. The van der Waals surface area contributed by atoms with Crippen LogP contribution in [-0.2, 0) is 0 Å². The van der Waals surface area contributed by atoms with Gasteiger partial charge in [0.15, 0.2) is 0 Å². The van der Waals surface area contributed by atoms with E-state index in [1.165, 1.54) is 5.56 Å². The molecule has 0 bridgehead atoms. The Morgan fingerprint density at radius 1 is 1.19 bits per heavy atom.